The van der Waals surface area contributed by atoms with Gasteiger partial charge >= 0.3 is 6.03 Å². The molecule has 7 heteroatoms. The summed E-state index contributed by atoms with van der Waals surface area (Å²) in [5.74, 6) is 0.792. The Morgan fingerprint density at radius 3 is 2.48 bits per heavy atom. The third-order valence-corrected chi connectivity index (χ3v) is 5.78. The lowest BCUT2D eigenvalue weighted by atomic mass is 10.1. The van der Waals surface area contributed by atoms with Gasteiger partial charge in [0.05, 0.1) is 0 Å². The van der Waals surface area contributed by atoms with Gasteiger partial charge in [-0.15, -0.1) is 5.10 Å². The maximum absolute atomic E-state index is 12.7. The first-order valence-electron chi connectivity index (χ1n) is 10.7. The highest BCUT2D eigenvalue weighted by Gasteiger charge is 2.23. The summed E-state index contributed by atoms with van der Waals surface area (Å²) in [7, 11) is 0. The molecule has 3 heterocycles. The summed E-state index contributed by atoms with van der Waals surface area (Å²) >= 11 is 0. The van der Waals surface area contributed by atoms with Gasteiger partial charge in [0.25, 0.3) is 0 Å². The minimum absolute atomic E-state index is 0.0176. The van der Waals surface area contributed by atoms with Crippen molar-refractivity contribution >= 4 is 23.2 Å². The number of likely N-dealkylation sites (tertiary alicyclic amines) is 1. The first-order valence-corrected chi connectivity index (χ1v) is 10.7. The van der Waals surface area contributed by atoms with Gasteiger partial charge in [-0.3, -0.25) is 0 Å². The van der Waals surface area contributed by atoms with Gasteiger partial charge in [0.1, 0.15) is 5.82 Å². The molecule has 7 nitrogen and oxygen atoms in total. The van der Waals surface area contributed by atoms with Crippen LogP contribution >= 0.6 is 0 Å². The van der Waals surface area contributed by atoms with Gasteiger partial charge in [0.2, 0.25) is 0 Å². The van der Waals surface area contributed by atoms with Crippen LogP contribution in [0.3, 0.4) is 0 Å². The summed E-state index contributed by atoms with van der Waals surface area (Å²) in [6, 6.07) is 12.4. The zero-order valence-electron chi connectivity index (χ0n) is 16.9. The minimum Gasteiger partial charge on any atom is -0.371 e. The molecule has 1 aromatic heterocycles. The van der Waals surface area contributed by atoms with Crippen LogP contribution in [0.25, 0.3) is 0 Å². The summed E-state index contributed by atoms with van der Waals surface area (Å²) in [6.45, 7) is 3.67. The highest BCUT2D eigenvalue weighted by atomic mass is 16.2. The van der Waals surface area contributed by atoms with Gasteiger partial charge < -0.3 is 20.4 Å². The molecule has 2 N–H and O–H groups in total. The van der Waals surface area contributed by atoms with E-state index in [0.29, 0.717) is 6.04 Å². The lowest BCUT2D eigenvalue weighted by Gasteiger charge is -2.32. The van der Waals surface area contributed by atoms with E-state index in [1.54, 1.807) is 6.20 Å². The van der Waals surface area contributed by atoms with E-state index in [1.807, 2.05) is 29.2 Å². The zero-order chi connectivity index (χ0) is 19.9. The molecule has 0 bridgehead atoms. The van der Waals surface area contributed by atoms with Gasteiger partial charge in [-0.2, -0.15) is 5.10 Å². The number of hydrogen-bond donors (Lipinski definition) is 2. The van der Waals surface area contributed by atoms with Gasteiger partial charge in [0, 0.05) is 49.8 Å². The highest BCUT2D eigenvalue weighted by molar-refractivity contribution is 5.90. The number of nitrogens with zero attached hydrogens (tertiary/aromatic N) is 4. The largest absolute Gasteiger partial charge is 0.371 e. The fraction of sp³-hybridized carbons (Fsp3) is 0.500. The fourth-order valence-electron chi connectivity index (χ4n) is 4.13. The Bertz CT molecular complexity index is 783. The molecule has 2 amide bonds. The van der Waals surface area contributed by atoms with Crippen molar-refractivity contribution in [2.24, 2.45) is 0 Å². The second-order valence-electron chi connectivity index (χ2n) is 7.90. The number of urea groups is 1. The molecule has 0 unspecified atom stereocenters. The molecule has 2 aliphatic rings. The van der Waals surface area contributed by atoms with E-state index < -0.39 is 0 Å². The van der Waals surface area contributed by atoms with Crippen molar-refractivity contribution in [3.8, 4) is 0 Å². The fourth-order valence-corrected chi connectivity index (χ4v) is 4.13. The highest BCUT2D eigenvalue weighted by Crippen LogP contribution is 2.23. The predicted molar refractivity (Wildman–Crippen MR) is 116 cm³/mol. The first-order chi connectivity index (χ1) is 14.3. The van der Waals surface area contributed by atoms with Crippen LogP contribution in [0.2, 0.25) is 0 Å². The van der Waals surface area contributed by atoms with E-state index in [-0.39, 0.29) is 6.03 Å². The number of aromatic nitrogens is 2. The van der Waals surface area contributed by atoms with E-state index in [9.17, 15) is 4.79 Å². The quantitative estimate of drug-likeness (QED) is 0.821. The number of piperidine rings is 1. The molecule has 1 aromatic carbocycles. The van der Waals surface area contributed by atoms with Crippen molar-refractivity contribution in [3.05, 3.63) is 42.6 Å². The van der Waals surface area contributed by atoms with Crippen LogP contribution in [0.15, 0.2) is 42.6 Å². The lowest BCUT2D eigenvalue weighted by molar-refractivity contribution is 0.197. The number of hydrogen-bond acceptors (Lipinski definition) is 5. The SMILES string of the molecule is O=C(Nc1cccc(N2CCCCCC2)c1)N1CCC(Nc2cccnn2)CC1. The Labute approximate surface area is 172 Å². The van der Waals surface area contributed by atoms with E-state index in [0.717, 1.165) is 50.5 Å². The lowest BCUT2D eigenvalue weighted by Crippen LogP contribution is -2.44. The smallest absolute Gasteiger partial charge is 0.321 e. The summed E-state index contributed by atoms with van der Waals surface area (Å²) in [5, 5.41) is 14.5. The second-order valence-corrected chi connectivity index (χ2v) is 7.90. The molecule has 0 radical (unpaired) electrons. The maximum Gasteiger partial charge on any atom is 0.321 e. The van der Waals surface area contributed by atoms with Crippen LogP contribution in [0.1, 0.15) is 38.5 Å². The van der Waals surface area contributed by atoms with E-state index in [1.165, 1.54) is 31.4 Å². The molecule has 2 saturated heterocycles. The van der Waals surface area contributed by atoms with Gasteiger partial charge in [0.15, 0.2) is 0 Å². The first kappa shape index (κ1) is 19.5. The molecule has 4 rings (SSSR count). The number of anilines is 3. The molecule has 0 atom stereocenters. The second kappa shape index (κ2) is 9.58. The van der Waals surface area contributed by atoms with Crippen LogP contribution in [-0.4, -0.2) is 53.3 Å². The van der Waals surface area contributed by atoms with Crippen LogP contribution in [0.4, 0.5) is 22.0 Å². The Kier molecular flexibility index (Phi) is 6.44. The molecular weight excluding hydrogens is 364 g/mol. The van der Waals surface area contributed by atoms with Crippen molar-refractivity contribution < 1.29 is 4.79 Å². The summed E-state index contributed by atoms with van der Waals surface area (Å²) in [6.07, 6.45) is 8.58. The normalized spacial score (nSPS) is 18.2. The summed E-state index contributed by atoms with van der Waals surface area (Å²) in [5.41, 5.74) is 2.08. The molecule has 0 saturated carbocycles. The van der Waals surface area contributed by atoms with E-state index in [4.69, 9.17) is 0 Å². The van der Waals surface area contributed by atoms with E-state index in [2.05, 4.69) is 37.9 Å². The average Bonchev–Trinajstić information content (AvgIpc) is 3.05. The van der Waals surface area contributed by atoms with Crippen LogP contribution in [-0.2, 0) is 0 Å². The Balaban J connectivity index is 1.29. The number of benzene rings is 1. The van der Waals surface area contributed by atoms with Gasteiger partial charge in [-0.25, -0.2) is 4.79 Å². The zero-order valence-corrected chi connectivity index (χ0v) is 16.9. The van der Waals surface area contributed by atoms with Gasteiger partial charge in [-0.05, 0) is 56.0 Å². The van der Waals surface area contributed by atoms with Crippen LogP contribution in [0, 0.1) is 0 Å². The van der Waals surface area contributed by atoms with E-state index >= 15 is 0 Å². The third kappa shape index (κ3) is 5.37. The number of carbonyl (C=O) groups excluding carboxylic acids is 1. The van der Waals surface area contributed by atoms with Crippen LogP contribution in [0.5, 0.6) is 0 Å². The Morgan fingerprint density at radius 2 is 1.76 bits per heavy atom. The topological polar surface area (TPSA) is 73.4 Å². The van der Waals surface area contributed by atoms with Crippen molar-refractivity contribution in [2.75, 3.05) is 41.7 Å². The summed E-state index contributed by atoms with van der Waals surface area (Å²) < 4.78 is 0. The Hall–Kier alpha value is -2.83. The number of carbonyl (C=O) groups is 1. The number of rotatable bonds is 4. The number of amides is 2. The molecule has 2 aromatic rings. The van der Waals surface area contributed by atoms with Crippen molar-refractivity contribution in [1.82, 2.24) is 15.1 Å². The molecule has 2 aliphatic heterocycles. The maximum atomic E-state index is 12.7. The molecule has 0 aliphatic carbocycles. The standard InChI is InChI=1S/C22H30N6O/c29-22(28-15-10-18(11-16-28)24-21-9-6-12-23-26-21)25-19-7-5-8-20(17-19)27-13-3-1-2-4-14-27/h5-9,12,17-18H,1-4,10-11,13-16H2,(H,24,26)(H,25,29). The molecular formula is C22H30N6O. The van der Waals surface area contributed by atoms with Crippen molar-refractivity contribution in [1.29, 1.82) is 0 Å². The molecule has 2 fully saturated rings. The van der Waals surface area contributed by atoms with Crippen molar-refractivity contribution in [2.45, 2.75) is 44.6 Å². The summed E-state index contributed by atoms with van der Waals surface area (Å²) in [4.78, 5) is 17.1. The van der Waals surface area contributed by atoms with Crippen molar-refractivity contribution in [3.63, 3.8) is 0 Å². The monoisotopic (exact) mass is 394 g/mol. The third-order valence-electron chi connectivity index (χ3n) is 5.78. The molecule has 154 valence electrons. The molecule has 0 spiro atoms. The minimum atomic E-state index is -0.0176. The molecule has 29 heavy (non-hydrogen) atoms. The van der Waals surface area contributed by atoms with Gasteiger partial charge in [-0.1, -0.05) is 18.9 Å². The predicted octanol–water partition coefficient (Wildman–Crippen LogP) is 3.97. The van der Waals surface area contributed by atoms with Crippen LogP contribution < -0.4 is 15.5 Å². The average molecular weight is 395 g/mol. The number of nitrogens with one attached hydrogen (secondary N) is 2. The Morgan fingerprint density at radius 1 is 0.966 bits per heavy atom.